The van der Waals surface area contributed by atoms with E-state index in [0.29, 0.717) is 23.0 Å². The topological polar surface area (TPSA) is 86.2 Å². The van der Waals surface area contributed by atoms with Crippen molar-refractivity contribution in [1.29, 1.82) is 0 Å². The number of carboxylic acid groups (broad SMARTS) is 1. The number of aromatic hydroxyl groups is 1. The average molecular weight is 206 g/mol. The fourth-order valence-corrected chi connectivity index (χ4v) is 1.53. The summed E-state index contributed by atoms with van der Waals surface area (Å²) in [7, 11) is 0. The first-order valence-electron chi connectivity index (χ1n) is 4.55. The second-order valence-corrected chi connectivity index (χ2v) is 3.27. The quantitative estimate of drug-likeness (QED) is 0.706. The van der Waals surface area contributed by atoms with Crippen molar-refractivity contribution in [2.24, 2.45) is 0 Å². The van der Waals surface area contributed by atoms with Crippen molar-refractivity contribution in [2.45, 2.75) is 12.8 Å². The second kappa shape index (κ2) is 3.61. The number of rotatable bonds is 3. The van der Waals surface area contributed by atoms with Crippen molar-refractivity contribution in [3.05, 3.63) is 23.9 Å². The van der Waals surface area contributed by atoms with Crippen LogP contribution in [-0.4, -0.2) is 26.4 Å². The zero-order valence-electron chi connectivity index (χ0n) is 7.90. The lowest BCUT2D eigenvalue weighted by atomic mass is 10.1. The summed E-state index contributed by atoms with van der Waals surface area (Å²) in [5.74, 6) is -0.741. The number of nitrogens with zero attached hydrogens (tertiary/aromatic N) is 1. The summed E-state index contributed by atoms with van der Waals surface area (Å²) in [6.45, 7) is 0. The van der Waals surface area contributed by atoms with E-state index in [4.69, 9.17) is 5.11 Å². The molecule has 1 aromatic carbocycles. The van der Waals surface area contributed by atoms with Gasteiger partial charge in [-0.1, -0.05) is 6.07 Å². The fraction of sp³-hybridized carbons (Fsp3) is 0.200. The lowest BCUT2D eigenvalue weighted by Crippen LogP contribution is -1.97. The van der Waals surface area contributed by atoms with Gasteiger partial charge >= 0.3 is 5.97 Å². The zero-order valence-corrected chi connectivity index (χ0v) is 7.90. The van der Waals surface area contributed by atoms with Crippen LogP contribution in [0.5, 0.6) is 5.75 Å². The van der Waals surface area contributed by atoms with Crippen molar-refractivity contribution >= 4 is 16.9 Å². The van der Waals surface area contributed by atoms with Crippen LogP contribution in [0, 0.1) is 0 Å². The molecule has 0 spiro atoms. The number of hydrogen-bond donors (Lipinski definition) is 3. The summed E-state index contributed by atoms with van der Waals surface area (Å²) < 4.78 is 0. The number of aryl methyl sites for hydroxylation is 1. The molecule has 0 amide bonds. The second-order valence-electron chi connectivity index (χ2n) is 3.27. The highest BCUT2D eigenvalue weighted by molar-refractivity contribution is 5.87. The largest absolute Gasteiger partial charge is 0.507 e. The Hall–Kier alpha value is -2.04. The monoisotopic (exact) mass is 206 g/mol. The third-order valence-corrected chi connectivity index (χ3v) is 2.22. The van der Waals surface area contributed by atoms with Crippen molar-refractivity contribution in [2.75, 3.05) is 0 Å². The Morgan fingerprint density at radius 1 is 1.47 bits per heavy atom. The van der Waals surface area contributed by atoms with Gasteiger partial charge in [0.1, 0.15) is 5.75 Å². The van der Waals surface area contributed by atoms with E-state index < -0.39 is 5.97 Å². The van der Waals surface area contributed by atoms with Gasteiger partial charge in [-0.3, -0.25) is 9.89 Å². The van der Waals surface area contributed by atoms with Gasteiger partial charge in [0, 0.05) is 12.1 Å². The zero-order chi connectivity index (χ0) is 10.8. The predicted molar refractivity (Wildman–Crippen MR) is 53.7 cm³/mol. The van der Waals surface area contributed by atoms with E-state index in [0.717, 1.165) is 0 Å². The Kier molecular flexibility index (Phi) is 2.29. The van der Waals surface area contributed by atoms with E-state index in [1.165, 1.54) is 0 Å². The van der Waals surface area contributed by atoms with Crippen LogP contribution in [-0.2, 0) is 11.2 Å². The number of H-pyrrole nitrogens is 1. The number of aromatic nitrogens is 2. The molecule has 0 saturated heterocycles. The van der Waals surface area contributed by atoms with Crippen LogP contribution in [0.4, 0.5) is 0 Å². The van der Waals surface area contributed by atoms with Crippen LogP contribution in [0.3, 0.4) is 0 Å². The van der Waals surface area contributed by atoms with Crippen LogP contribution in [0.1, 0.15) is 12.1 Å². The molecule has 1 heterocycles. The highest BCUT2D eigenvalue weighted by Gasteiger charge is 2.10. The number of aliphatic carboxylic acids is 1. The molecule has 15 heavy (non-hydrogen) atoms. The predicted octanol–water partition coefficient (Wildman–Crippen LogP) is 1.29. The Morgan fingerprint density at radius 2 is 2.27 bits per heavy atom. The molecule has 2 aromatic rings. The molecule has 0 saturated carbocycles. The maximum absolute atomic E-state index is 10.4. The summed E-state index contributed by atoms with van der Waals surface area (Å²) in [6, 6.07) is 5.01. The van der Waals surface area contributed by atoms with E-state index >= 15 is 0 Å². The minimum atomic E-state index is -0.867. The van der Waals surface area contributed by atoms with Gasteiger partial charge in [-0.25, -0.2) is 0 Å². The van der Waals surface area contributed by atoms with Gasteiger partial charge in [0.15, 0.2) is 0 Å². The molecule has 0 unspecified atom stereocenters. The van der Waals surface area contributed by atoms with Crippen molar-refractivity contribution in [3.63, 3.8) is 0 Å². The van der Waals surface area contributed by atoms with Gasteiger partial charge in [-0.15, -0.1) is 0 Å². The van der Waals surface area contributed by atoms with Crippen molar-refractivity contribution in [1.82, 2.24) is 10.2 Å². The number of fused-ring (bicyclic) bond motifs is 1. The van der Waals surface area contributed by atoms with Crippen LogP contribution in [0.15, 0.2) is 18.2 Å². The summed E-state index contributed by atoms with van der Waals surface area (Å²) >= 11 is 0. The molecule has 0 bridgehead atoms. The molecule has 2 rings (SSSR count). The number of benzene rings is 1. The number of carboxylic acids is 1. The molecular formula is C10H10N2O3. The third-order valence-electron chi connectivity index (χ3n) is 2.22. The standard InChI is InChI=1S/C10H10N2O3/c13-8-3-1-2-6-10(8)7(12-11-6)4-5-9(14)15/h1-3,13H,4-5H2,(H,11,12)(H,14,15). The highest BCUT2D eigenvalue weighted by atomic mass is 16.4. The summed E-state index contributed by atoms with van der Waals surface area (Å²) in [6.07, 6.45) is 0.356. The van der Waals surface area contributed by atoms with E-state index in [-0.39, 0.29) is 12.2 Å². The molecule has 5 heteroatoms. The lowest BCUT2D eigenvalue weighted by molar-refractivity contribution is -0.136. The first-order chi connectivity index (χ1) is 7.18. The number of phenols is 1. The molecular weight excluding hydrogens is 196 g/mol. The minimum absolute atomic E-state index is 0.0195. The molecule has 0 radical (unpaired) electrons. The first kappa shape index (κ1) is 9.51. The summed E-state index contributed by atoms with van der Waals surface area (Å²) in [5.41, 5.74) is 1.31. The van der Waals surface area contributed by atoms with Gasteiger partial charge < -0.3 is 10.2 Å². The maximum Gasteiger partial charge on any atom is 0.303 e. The summed E-state index contributed by atoms with van der Waals surface area (Å²) in [4.78, 5) is 10.4. The number of carbonyl (C=O) groups is 1. The van der Waals surface area contributed by atoms with Gasteiger partial charge in [0.2, 0.25) is 0 Å². The minimum Gasteiger partial charge on any atom is -0.507 e. The van der Waals surface area contributed by atoms with Crippen LogP contribution < -0.4 is 0 Å². The van der Waals surface area contributed by atoms with E-state index in [1.807, 2.05) is 0 Å². The normalized spacial score (nSPS) is 10.7. The SMILES string of the molecule is O=C(O)CCc1[nH]nc2cccc(O)c12. The van der Waals surface area contributed by atoms with Crippen LogP contribution in [0.2, 0.25) is 0 Å². The van der Waals surface area contributed by atoms with Gasteiger partial charge in [0.05, 0.1) is 17.3 Å². The molecule has 3 N–H and O–H groups in total. The lowest BCUT2D eigenvalue weighted by Gasteiger charge is -1.97. The van der Waals surface area contributed by atoms with Crippen LogP contribution in [0.25, 0.3) is 10.9 Å². The third kappa shape index (κ3) is 1.76. The molecule has 0 aliphatic rings. The molecule has 78 valence electrons. The Balaban J connectivity index is 2.39. The summed E-state index contributed by atoms with van der Waals surface area (Å²) in [5, 5.41) is 25.5. The smallest absolute Gasteiger partial charge is 0.303 e. The number of hydrogen-bond acceptors (Lipinski definition) is 3. The first-order valence-corrected chi connectivity index (χ1v) is 4.55. The van der Waals surface area contributed by atoms with E-state index in [1.54, 1.807) is 18.2 Å². The highest BCUT2D eigenvalue weighted by Crippen LogP contribution is 2.26. The number of nitrogens with one attached hydrogen (secondary N) is 1. The van der Waals surface area contributed by atoms with Crippen molar-refractivity contribution in [3.8, 4) is 5.75 Å². The molecule has 0 fully saturated rings. The Bertz CT molecular complexity index is 504. The molecule has 0 aliphatic heterocycles. The van der Waals surface area contributed by atoms with E-state index in [2.05, 4.69) is 10.2 Å². The molecule has 5 nitrogen and oxygen atoms in total. The average Bonchev–Trinajstić information content (AvgIpc) is 2.59. The molecule has 1 aromatic heterocycles. The maximum atomic E-state index is 10.4. The van der Waals surface area contributed by atoms with Gasteiger partial charge in [-0.05, 0) is 12.1 Å². The van der Waals surface area contributed by atoms with Gasteiger partial charge in [-0.2, -0.15) is 5.10 Å². The molecule has 0 aliphatic carbocycles. The fourth-order valence-electron chi connectivity index (χ4n) is 1.53. The van der Waals surface area contributed by atoms with Gasteiger partial charge in [0.25, 0.3) is 0 Å². The Morgan fingerprint density at radius 3 is 3.00 bits per heavy atom. The number of phenolic OH excluding ortho intramolecular Hbond substituents is 1. The van der Waals surface area contributed by atoms with Crippen molar-refractivity contribution < 1.29 is 15.0 Å². The molecule has 0 atom stereocenters. The van der Waals surface area contributed by atoms with E-state index in [9.17, 15) is 9.90 Å². The van der Waals surface area contributed by atoms with Crippen LogP contribution >= 0.6 is 0 Å². The number of aromatic amines is 1. The Labute approximate surface area is 85.4 Å².